The molecule has 2 aliphatic carbocycles. The Balaban J connectivity index is 1.64. The molecule has 0 heterocycles. The number of benzene rings is 1. The van der Waals surface area contributed by atoms with Crippen molar-refractivity contribution >= 4 is 15.9 Å². The predicted molar refractivity (Wildman–Crippen MR) is 127 cm³/mol. The van der Waals surface area contributed by atoms with E-state index in [0.29, 0.717) is 36.6 Å². The minimum absolute atomic E-state index is 0.108. The van der Waals surface area contributed by atoms with E-state index in [4.69, 9.17) is 4.74 Å². The molecule has 0 bridgehead atoms. The van der Waals surface area contributed by atoms with E-state index in [-0.39, 0.29) is 22.6 Å². The van der Waals surface area contributed by atoms with E-state index in [1.165, 1.54) is 18.4 Å². The van der Waals surface area contributed by atoms with E-state index in [1.54, 1.807) is 31.4 Å². The van der Waals surface area contributed by atoms with Crippen LogP contribution in [0.1, 0.15) is 59.3 Å². The minimum Gasteiger partial charge on any atom is -0.497 e. The Bertz CT molecular complexity index is 902. The summed E-state index contributed by atoms with van der Waals surface area (Å²) >= 11 is 0. The number of methoxy groups -OCH3 is 1. The van der Waals surface area contributed by atoms with Crippen molar-refractivity contribution in [1.82, 2.24) is 10.0 Å². The molecule has 2 aliphatic rings. The number of hydrogen-bond donors (Lipinski definition) is 2. The molecule has 1 aromatic carbocycles. The number of sulfonamides is 1. The molecule has 1 saturated carbocycles. The van der Waals surface area contributed by atoms with Crippen molar-refractivity contribution in [3.05, 3.63) is 35.9 Å². The predicted octanol–water partition coefficient (Wildman–Crippen LogP) is 4.28. The first kappa shape index (κ1) is 24.8. The molecule has 3 atom stereocenters. The number of allylic oxidation sites excluding steroid dienone is 1. The van der Waals surface area contributed by atoms with Gasteiger partial charge in [-0.25, -0.2) is 13.1 Å². The maximum absolute atomic E-state index is 12.8. The van der Waals surface area contributed by atoms with Gasteiger partial charge in [0.2, 0.25) is 15.9 Å². The third-order valence-electron chi connectivity index (χ3n) is 7.11. The van der Waals surface area contributed by atoms with Crippen LogP contribution in [0.2, 0.25) is 0 Å². The second kappa shape index (κ2) is 10.8. The van der Waals surface area contributed by atoms with E-state index < -0.39 is 10.0 Å². The van der Waals surface area contributed by atoms with Crippen LogP contribution in [-0.2, 0) is 14.8 Å². The van der Waals surface area contributed by atoms with Gasteiger partial charge in [0.15, 0.2) is 0 Å². The molecular weight excluding hydrogens is 424 g/mol. The number of hydrogen-bond acceptors (Lipinski definition) is 4. The Kier molecular flexibility index (Phi) is 8.39. The van der Waals surface area contributed by atoms with Crippen molar-refractivity contribution in [2.75, 3.05) is 13.7 Å². The summed E-state index contributed by atoms with van der Waals surface area (Å²) in [6.07, 6.45) is 8.22. The van der Waals surface area contributed by atoms with Crippen LogP contribution in [0.3, 0.4) is 0 Å². The van der Waals surface area contributed by atoms with Crippen molar-refractivity contribution in [2.45, 2.75) is 70.2 Å². The highest BCUT2D eigenvalue weighted by molar-refractivity contribution is 7.89. The maximum Gasteiger partial charge on any atom is 0.240 e. The van der Waals surface area contributed by atoms with E-state index in [9.17, 15) is 13.2 Å². The van der Waals surface area contributed by atoms with Crippen LogP contribution in [-0.4, -0.2) is 34.0 Å². The lowest BCUT2D eigenvalue weighted by atomic mass is 9.70. The molecule has 0 aliphatic heterocycles. The molecule has 0 aromatic heterocycles. The fourth-order valence-corrected chi connectivity index (χ4v) is 6.21. The Hall–Kier alpha value is -1.86. The molecule has 1 aromatic rings. The molecular formula is C25H38N2O4S. The fraction of sp³-hybridized carbons (Fsp3) is 0.640. The Labute approximate surface area is 193 Å². The Morgan fingerprint density at radius 1 is 1.16 bits per heavy atom. The van der Waals surface area contributed by atoms with Gasteiger partial charge in [0.05, 0.1) is 12.0 Å². The van der Waals surface area contributed by atoms with Gasteiger partial charge in [-0.15, -0.1) is 0 Å². The molecule has 0 saturated heterocycles. The molecule has 6 nitrogen and oxygen atoms in total. The lowest BCUT2D eigenvalue weighted by Gasteiger charge is -2.37. The summed E-state index contributed by atoms with van der Waals surface area (Å²) in [6, 6.07) is 6.76. The lowest BCUT2D eigenvalue weighted by Crippen LogP contribution is -2.38. The van der Waals surface area contributed by atoms with Crippen molar-refractivity contribution in [3.63, 3.8) is 0 Å². The van der Waals surface area contributed by atoms with Gasteiger partial charge in [0.25, 0.3) is 0 Å². The molecule has 32 heavy (non-hydrogen) atoms. The summed E-state index contributed by atoms with van der Waals surface area (Å²) in [7, 11) is -2.04. The molecule has 1 amide bonds. The highest BCUT2D eigenvalue weighted by atomic mass is 32.2. The van der Waals surface area contributed by atoms with Gasteiger partial charge in [0.1, 0.15) is 5.75 Å². The largest absolute Gasteiger partial charge is 0.497 e. The van der Waals surface area contributed by atoms with Gasteiger partial charge in [0, 0.05) is 19.0 Å². The molecule has 3 rings (SSSR count). The number of rotatable bonds is 9. The summed E-state index contributed by atoms with van der Waals surface area (Å²) < 4.78 is 33.5. The zero-order valence-corrected chi connectivity index (χ0v) is 20.6. The van der Waals surface area contributed by atoms with Gasteiger partial charge < -0.3 is 10.1 Å². The molecule has 0 unspecified atom stereocenters. The number of carbonyl (C=O) groups is 1. The molecule has 2 N–H and O–H groups in total. The third kappa shape index (κ3) is 6.35. The van der Waals surface area contributed by atoms with Gasteiger partial charge >= 0.3 is 0 Å². The van der Waals surface area contributed by atoms with Crippen LogP contribution in [0.5, 0.6) is 5.75 Å². The second-order valence-electron chi connectivity index (χ2n) is 9.70. The van der Waals surface area contributed by atoms with Gasteiger partial charge in [-0.1, -0.05) is 38.3 Å². The first-order valence-electron chi connectivity index (χ1n) is 11.8. The van der Waals surface area contributed by atoms with Crippen LogP contribution in [0.4, 0.5) is 0 Å². The first-order chi connectivity index (χ1) is 15.2. The molecule has 0 radical (unpaired) electrons. The topological polar surface area (TPSA) is 84.5 Å². The lowest BCUT2D eigenvalue weighted by molar-refractivity contribution is -0.122. The van der Waals surface area contributed by atoms with Crippen LogP contribution in [0.15, 0.2) is 40.8 Å². The smallest absolute Gasteiger partial charge is 0.240 e. The summed E-state index contributed by atoms with van der Waals surface area (Å²) in [5, 5.41) is 3.21. The van der Waals surface area contributed by atoms with Crippen molar-refractivity contribution in [2.24, 2.45) is 23.7 Å². The van der Waals surface area contributed by atoms with E-state index in [2.05, 4.69) is 36.9 Å². The number of ether oxygens (including phenoxy) is 1. The summed E-state index contributed by atoms with van der Waals surface area (Å²) in [4.78, 5) is 12.8. The average Bonchev–Trinajstić information content (AvgIpc) is 3.26. The van der Waals surface area contributed by atoms with E-state index in [0.717, 1.165) is 19.3 Å². The first-order valence-corrected chi connectivity index (χ1v) is 13.3. The maximum atomic E-state index is 12.8. The summed E-state index contributed by atoms with van der Waals surface area (Å²) in [5.41, 5.74) is 1.19. The van der Waals surface area contributed by atoms with Crippen LogP contribution >= 0.6 is 0 Å². The number of amides is 1. The highest BCUT2D eigenvalue weighted by Crippen LogP contribution is 2.39. The molecule has 1 fully saturated rings. The average molecular weight is 463 g/mol. The van der Waals surface area contributed by atoms with Crippen molar-refractivity contribution in [1.29, 1.82) is 0 Å². The molecule has 0 spiro atoms. The van der Waals surface area contributed by atoms with E-state index in [1.807, 2.05) is 0 Å². The van der Waals surface area contributed by atoms with Crippen LogP contribution in [0, 0.1) is 23.7 Å². The zero-order valence-electron chi connectivity index (χ0n) is 19.8. The van der Waals surface area contributed by atoms with E-state index >= 15 is 0 Å². The van der Waals surface area contributed by atoms with Gasteiger partial charge in [-0.05, 0) is 74.1 Å². The van der Waals surface area contributed by atoms with Gasteiger partial charge in [-0.2, -0.15) is 0 Å². The Morgan fingerprint density at radius 3 is 2.41 bits per heavy atom. The van der Waals surface area contributed by atoms with Crippen molar-refractivity contribution in [3.8, 4) is 5.75 Å². The Morgan fingerprint density at radius 2 is 1.81 bits per heavy atom. The normalized spacial score (nSPS) is 24.4. The zero-order chi connectivity index (χ0) is 23.3. The quantitative estimate of drug-likeness (QED) is 0.537. The van der Waals surface area contributed by atoms with Crippen LogP contribution < -0.4 is 14.8 Å². The number of carbonyl (C=O) groups excluding carboxylic acids is 1. The monoisotopic (exact) mass is 462 g/mol. The molecule has 178 valence electrons. The number of nitrogens with one attached hydrogen (secondary N) is 2. The minimum atomic E-state index is -3.60. The standard InChI is InChI=1S/C25H38N2O4S/c1-17(2)24-14-19(15-25(28)27-21-7-5-6-8-21)18(3)13-20(24)16-26-32(29,30)23-11-9-22(31-4)10-12-23/h9-13,17,19-21,24,26H,5-8,14-16H2,1-4H3,(H,27,28)/t19-,20-,24-/m0/s1. The van der Waals surface area contributed by atoms with Crippen molar-refractivity contribution < 1.29 is 17.9 Å². The van der Waals surface area contributed by atoms with Crippen LogP contribution in [0.25, 0.3) is 0 Å². The van der Waals surface area contributed by atoms with Gasteiger partial charge in [-0.3, -0.25) is 4.79 Å². The fourth-order valence-electron chi connectivity index (χ4n) is 5.13. The SMILES string of the molecule is COc1ccc(S(=O)(=O)NC[C@@H]2C=C(C)[C@H](CC(=O)NC3CCCC3)C[C@H]2C(C)C)cc1. The third-order valence-corrected chi connectivity index (χ3v) is 8.55. The summed E-state index contributed by atoms with van der Waals surface area (Å²) in [5.74, 6) is 1.82. The summed E-state index contributed by atoms with van der Waals surface area (Å²) in [6.45, 7) is 6.80. The highest BCUT2D eigenvalue weighted by Gasteiger charge is 2.33. The second-order valence-corrected chi connectivity index (χ2v) is 11.5. The molecule has 7 heteroatoms.